The van der Waals surface area contributed by atoms with Crippen molar-refractivity contribution in [1.29, 1.82) is 0 Å². The summed E-state index contributed by atoms with van der Waals surface area (Å²) in [5.41, 5.74) is 3.37. The average molecular weight is 452 g/mol. The number of hydrogen-bond donors (Lipinski definition) is 0. The number of nitrogens with zero attached hydrogens (tertiary/aromatic N) is 5. The predicted octanol–water partition coefficient (Wildman–Crippen LogP) is 3.79. The molecule has 0 spiro atoms. The molecule has 0 N–H and O–H groups in total. The van der Waals surface area contributed by atoms with E-state index in [2.05, 4.69) is 56.6 Å². The van der Waals surface area contributed by atoms with Crippen LogP contribution in [0, 0.1) is 5.92 Å². The molecule has 1 amide bonds. The van der Waals surface area contributed by atoms with Gasteiger partial charge >= 0.3 is 0 Å². The van der Waals surface area contributed by atoms with Crippen LogP contribution in [0.3, 0.4) is 0 Å². The second kappa shape index (κ2) is 9.12. The van der Waals surface area contributed by atoms with Crippen LogP contribution in [0.5, 0.6) is 0 Å². The molecule has 5 rings (SSSR count). The second-order valence-electron chi connectivity index (χ2n) is 8.94. The van der Waals surface area contributed by atoms with Crippen LogP contribution >= 0.6 is 11.6 Å². The van der Waals surface area contributed by atoms with E-state index in [-0.39, 0.29) is 5.92 Å². The molecule has 3 heterocycles. The molecule has 2 saturated heterocycles. The molecule has 0 saturated carbocycles. The first kappa shape index (κ1) is 21.3. The summed E-state index contributed by atoms with van der Waals surface area (Å²) >= 11 is 6.01. The molecule has 2 aromatic carbocycles. The molecular weight excluding hydrogens is 422 g/mol. The quantitative estimate of drug-likeness (QED) is 0.605. The maximum absolute atomic E-state index is 13.3. The largest absolute Gasteiger partial charge is 0.368 e. The lowest BCUT2D eigenvalue weighted by Gasteiger charge is -2.39. The standard InChI is InChI=1S/C25H30ClN5O/c1-28-23-7-3-2-6-22(23)27-24(28)18-29-12-4-5-19(17-29)25(32)31-15-13-30(14-16-31)21-10-8-20(26)9-11-21/h2-3,6-11,19H,4-5,12-18H2,1H3/t19-/m1/s1. The first-order valence-electron chi connectivity index (χ1n) is 11.5. The Morgan fingerprint density at radius 2 is 1.78 bits per heavy atom. The van der Waals surface area contributed by atoms with Crippen molar-refractivity contribution in [3.8, 4) is 0 Å². The number of amides is 1. The average Bonchev–Trinajstić information content (AvgIpc) is 3.15. The Balaban J connectivity index is 1.18. The van der Waals surface area contributed by atoms with Gasteiger partial charge in [-0.3, -0.25) is 9.69 Å². The van der Waals surface area contributed by atoms with E-state index in [4.69, 9.17) is 16.6 Å². The lowest BCUT2D eigenvalue weighted by Crippen LogP contribution is -2.52. The molecule has 7 heteroatoms. The van der Waals surface area contributed by atoms with Gasteiger partial charge in [-0.25, -0.2) is 4.98 Å². The fraction of sp³-hybridized carbons (Fsp3) is 0.440. The van der Waals surface area contributed by atoms with Crippen LogP contribution in [0.2, 0.25) is 5.02 Å². The predicted molar refractivity (Wildman–Crippen MR) is 129 cm³/mol. The summed E-state index contributed by atoms with van der Waals surface area (Å²) in [6.45, 7) is 5.93. The molecule has 0 radical (unpaired) electrons. The van der Waals surface area contributed by atoms with Gasteiger partial charge in [0.15, 0.2) is 0 Å². The number of aromatic nitrogens is 2. The Kier molecular flexibility index (Phi) is 6.07. The highest BCUT2D eigenvalue weighted by atomic mass is 35.5. The highest BCUT2D eigenvalue weighted by molar-refractivity contribution is 6.30. The molecule has 2 fully saturated rings. The topological polar surface area (TPSA) is 44.6 Å². The number of piperazine rings is 1. The zero-order valence-corrected chi connectivity index (χ0v) is 19.3. The Bertz CT molecular complexity index is 1090. The van der Waals surface area contributed by atoms with E-state index in [1.54, 1.807) is 0 Å². The summed E-state index contributed by atoms with van der Waals surface area (Å²) in [5.74, 6) is 1.46. The molecule has 1 atom stereocenters. The van der Waals surface area contributed by atoms with E-state index >= 15 is 0 Å². The van der Waals surface area contributed by atoms with E-state index in [1.807, 2.05) is 18.2 Å². The number of carbonyl (C=O) groups is 1. The molecule has 0 unspecified atom stereocenters. The van der Waals surface area contributed by atoms with Crippen molar-refractivity contribution in [2.45, 2.75) is 19.4 Å². The minimum atomic E-state index is 0.0838. The van der Waals surface area contributed by atoms with Crippen molar-refractivity contribution in [2.24, 2.45) is 13.0 Å². The number of fused-ring (bicyclic) bond motifs is 1. The zero-order chi connectivity index (χ0) is 22.1. The fourth-order valence-corrected chi connectivity index (χ4v) is 5.16. The van der Waals surface area contributed by atoms with Gasteiger partial charge in [0, 0.05) is 50.5 Å². The first-order chi connectivity index (χ1) is 15.6. The number of halogens is 1. The molecule has 6 nitrogen and oxygen atoms in total. The van der Waals surface area contributed by atoms with E-state index in [1.165, 1.54) is 5.69 Å². The van der Waals surface area contributed by atoms with E-state index < -0.39 is 0 Å². The highest BCUT2D eigenvalue weighted by Gasteiger charge is 2.31. The SMILES string of the molecule is Cn1c(CN2CCC[C@@H](C(=O)N3CCN(c4ccc(Cl)cc4)CC3)C2)nc2ccccc21. The van der Waals surface area contributed by atoms with Crippen LogP contribution in [0.4, 0.5) is 5.69 Å². The van der Waals surface area contributed by atoms with Gasteiger partial charge in [-0.1, -0.05) is 23.7 Å². The van der Waals surface area contributed by atoms with Crippen LogP contribution in [0.25, 0.3) is 11.0 Å². The van der Waals surface area contributed by atoms with Gasteiger partial charge in [0.05, 0.1) is 23.5 Å². The summed E-state index contributed by atoms with van der Waals surface area (Å²) in [6.07, 6.45) is 2.04. The Hall–Kier alpha value is -2.57. The molecule has 168 valence electrons. The lowest BCUT2D eigenvalue weighted by atomic mass is 9.96. The van der Waals surface area contributed by atoms with Crippen molar-refractivity contribution < 1.29 is 4.79 Å². The number of imidazole rings is 1. The normalized spacial score (nSPS) is 20.1. The Morgan fingerprint density at radius 1 is 1.03 bits per heavy atom. The van der Waals surface area contributed by atoms with Crippen LogP contribution in [0.1, 0.15) is 18.7 Å². The third kappa shape index (κ3) is 4.34. The number of carbonyl (C=O) groups excluding carboxylic acids is 1. The lowest BCUT2D eigenvalue weighted by molar-refractivity contribution is -0.137. The molecule has 2 aliphatic rings. The molecule has 0 aliphatic carbocycles. The molecule has 2 aliphatic heterocycles. The maximum Gasteiger partial charge on any atom is 0.227 e. The number of benzene rings is 2. The van der Waals surface area contributed by atoms with Crippen molar-refractivity contribution >= 4 is 34.2 Å². The summed E-state index contributed by atoms with van der Waals surface area (Å²) in [4.78, 5) is 24.9. The number of rotatable bonds is 4. The smallest absolute Gasteiger partial charge is 0.227 e. The van der Waals surface area contributed by atoms with Crippen molar-refractivity contribution in [3.63, 3.8) is 0 Å². The van der Waals surface area contributed by atoms with Crippen LogP contribution in [-0.2, 0) is 18.4 Å². The van der Waals surface area contributed by atoms with Gasteiger partial charge < -0.3 is 14.4 Å². The monoisotopic (exact) mass is 451 g/mol. The summed E-state index contributed by atoms with van der Waals surface area (Å²) < 4.78 is 2.18. The third-order valence-corrected chi connectivity index (χ3v) is 7.13. The summed E-state index contributed by atoms with van der Waals surface area (Å²) in [7, 11) is 2.08. The highest BCUT2D eigenvalue weighted by Crippen LogP contribution is 2.24. The maximum atomic E-state index is 13.3. The zero-order valence-electron chi connectivity index (χ0n) is 18.6. The van der Waals surface area contributed by atoms with Gasteiger partial charge in [-0.15, -0.1) is 0 Å². The number of anilines is 1. The summed E-state index contributed by atoms with van der Waals surface area (Å²) in [5, 5.41) is 0.753. The van der Waals surface area contributed by atoms with Gasteiger partial charge in [-0.2, -0.15) is 0 Å². The van der Waals surface area contributed by atoms with Gasteiger partial charge in [0.1, 0.15) is 5.82 Å². The van der Waals surface area contributed by atoms with E-state index in [9.17, 15) is 4.79 Å². The van der Waals surface area contributed by atoms with Crippen LogP contribution in [-0.4, -0.2) is 64.5 Å². The molecule has 32 heavy (non-hydrogen) atoms. The van der Waals surface area contributed by atoms with Gasteiger partial charge in [-0.05, 0) is 55.8 Å². The summed E-state index contributed by atoms with van der Waals surface area (Å²) in [6, 6.07) is 16.2. The van der Waals surface area contributed by atoms with Gasteiger partial charge in [0.2, 0.25) is 5.91 Å². The fourth-order valence-electron chi connectivity index (χ4n) is 5.03. The van der Waals surface area contributed by atoms with Crippen molar-refractivity contribution in [2.75, 3.05) is 44.2 Å². The third-order valence-electron chi connectivity index (χ3n) is 6.88. The van der Waals surface area contributed by atoms with E-state index in [0.29, 0.717) is 5.91 Å². The molecule has 0 bridgehead atoms. The van der Waals surface area contributed by atoms with Crippen LogP contribution in [0.15, 0.2) is 48.5 Å². The number of para-hydroxylation sites is 2. The number of piperidine rings is 1. The minimum Gasteiger partial charge on any atom is -0.368 e. The van der Waals surface area contributed by atoms with Crippen molar-refractivity contribution in [3.05, 3.63) is 59.4 Å². The molecule has 1 aromatic heterocycles. The van der Waals surface area contributed by atoms with Gasteiger partial charge in [0.25, 0.3) is 0 Å². The first-order valence-corrected chi connectivity index (χ1v) is 11.9. The Labute approximate surface area is 194 Å². The molecular formula is C25H30ClN5O. The second-order valence-corrected chi connectivity index (χ2v) is 9.38. The number of hydrogen-bond acceptors (Lipinski definition) is 4. The number of aryl methyl sites for hydroxylation is 1. The van der Waals surface area contributed by atoms with E-state index in [0.717, 1.165) is 80.5 Å². The number of likely N-dealkylation sites (tertiary alicyclic amines) is 1. The minimum absolute atomic E-state index is 0.0838. The Morgan fingerprint density at radius 3 is 2.53 bits per heavy atom. The molecule has 3 aromatic rings. The van der Waals surface area contributed by atoms with Crippen molar-refractivity contribution in [1.82, 2.24) is 19.4 Å². The van der Waals surface area contributed by atoms with Crippen LogP contribution < -0.4 is 4.90 Å².